The largest absolute Gasteiger partial charge is 0.324 e. The number of hydrogen-bond donors (Lipinski definition) is 1. The fraction of sp³-hybridized carbons (Fsp3) is 0.429. The molecule has 0 unspecified atom stereocenters. The Hall–Kier alpha value is -1.05. The first-order valence-electron chi connectivity index (χ1n) is 6.88. The molecule has 0 saturated heterocycles. The number of rotatable bonds is 8. The van der Waals surface area contributed by atoms with Gasteiger partial charge in [0.25, 0.3) is 0 Å². The minimum Gasteiger partial charge on any atom is -0.324 e. The number of aromatic nitrogens is 3. The van der Waals surface area contributed by atoms with Gasteiger partial charge in [-0.05, 0) is 30.7 Å². The standard InChI is InChI=1S/C14H19FN4S2/c1-2-7-19-13(10-16)17-18-14(19)21-9-8-20-12-5-3-11(15)4-6-12/h3-6H,2,7-10,16H2,1H3. The Bertz CT molecular complexity index is 557. The van der Waals surface area contributed by atoms with Crippen LogP contribution in [0, 0.1) is 5.82 Å². The van der Waals surface area contributed by atoms with Crippen LogP contribution in [0.1, 0.15) is 19.2 Å². The van der Waals surface area contributed by atoms with Crippen molar-refractivity contribution in [3.8, 4) is 0 Å². The Morgan fingerprint density at radius 3 is 2.52 bits per heavy atom. The summed E-state index contributed by atoms with van der Waals surface area (Å²) in [6.07, 6.45) is 1.03. The molecule has 2 rings (SSSR count). The van der Waals surface area contributed by atoms with Gasteiger partial charge >= 0.3 is 0 Å². The van der Waals surface area contributed by atoms with E-state index in [0.29, 0.717) is 6.54 Å². The van der Waals surface area contributed by atoms with Crippen LogP contribution in [0.15, 0.2) is 34.3 Å². The van der Waals surface area contributed by atoms with Crippen LogP contribution in [-0.4, -0.2) is 26.3 Å². The Balaban J connectivity index is 1.83. The van der Waals surface area contributed by atoms with Gasteiger partial charge in [0.1, 0.15) is 11.6 Å². The van der Waals surface area contributed by atoms with Gasteiger partial charge in [0, 0.05) is 22.9 Å². The summed E-state index contributed by atoms with van der Waals surface area (Å²) in [5.41, 5.74) is 5.67. The van der Waals surface area contributed by atoms with Gasteiger partial charge in [-0.3, -0.25) is 0 Å². The Morgan fingerprint density at radius 2 is 1.86 bits per heavy atom. The molecule has 114 valence electrons. The van der Waals surface area contributed by atoms with Gasteiger partial charge < -0.3 is 10.3 Å². The van der Waals surface area contributed by atoms with Crippen molar-refractivity contribution < 1.29 is 4.39 Å². The molecule has 0 fully saturated rings. The third-order valence-corrected chi connectivity index (χ3v) is 5.06. The summed E-state index contributed by atoms with van der Waals surface area (Å²) in [4.78, 5) is 1.08. The van der Waals surface area contributed by atoms with Crippen LogP contribution >= 0.6 is 23.5 Å². The smallest absolute Gasteiger partial charge is 0.191 e. The highest BCUT2D eigenvalue weighted by atomic mass is 32.2. The Kier molecular flexibility index (Phi) is 6.53. The minimum absolute atomic E-state index is 0.198. The van der Waals surface area contributed by atoms with Crippen LogP contribution in [0.2, 0.25) is 0 Å². The zero-order valence-electron chi connectivity index (χ0n) is 12.0. The predicted octanol–water partition coefficient (Wildman–Crippen LogP) is 3.17. The monoisotopic (exact) mass is 326 g/mol. The van der Waals surface area contributed by atoms with Crippen molar-refractivity contribution in [2.24, 2.45) is 5.73 Å². The SMILES string of the molecule is CCCn1c(CN)nnc1SCCSc1ccc(F)cc1. The van der Waals surface area contributed by atoms with Gasteiger partial charge in [0.15, 0.2) is 5.16 Å². The maximum Gasteiger partial charge on any atom is 0.191 e. The molecular formula is C14H19FN4S2. The van der Waals surface area contributed by atoms with Crippen molar-refractivity contribution in [3.63, 3.8) is 0 Å². The van der Waals surface area contributed by atoms with E-state index in [1.54, 1.807) is 35.7 Å². The second-order valence-electron chi connectivity index (χ2n) is 4.41. The van der Waals surface area contributed by atoms with Gasteiger partial charge in [-0.1, -0.05) is 18.7 Å². The van der Waals surface area contributed by atoms with E-state index in [0.717, 1.165) is 40.3 Å². The quantitative estimate of drug-likeness (QED) is 0.596. The summed E-state index contributed by atoms with van der Waals surface area (Å²) in [5, 5.41) is 9.25. The predicted molar refractivity (Wildman–Crippen MR) is 86.1 cm³/mol. The number of hydrogen-bond acceptors (Lipinski definition) is 5. The average Bonchev–Trinajstić information content (AvgIpc) is 2.88. The van der Waals surface area contributed by atoms with Crippen LogP contribution in [0.4, 0.5) is 4.39 Å². The van der Waals surface area contributed by atoms with Crippen LogP contribution in [-0.2, 0) is 13.1 Å². The molecule has 2 N–H and O–H groups in total. The molecule has 0 atom stereocenters. The molecule has 1 heterocycles. The van der Waals surface area contributed by atoms with Gasteiger partial charge in [0.05, 0.1) is 6.54 Å². The van der Waals surface area contributed by atoms with E-state index >= 15 is 0 Å². The number of halogens is 1. The highest BCUT2D eigenvalue weighted by molar-refractivity contribution is 8.02. The van der Waals surface area contributed by atoms with Gasteiger partial charge in [0.2, 0.25) is 0 Å². The van der Waals surface area contributed by atoms with Gasteiger partial charge in [-0.2, -0.15) is 0 Å². The Labute approximate surface area is 132 Å². The van der Waals surface area contributed by atoms with E-state index in [4.69, 9.17) is 5.73 Å². The molecule has 0 aliphatic heterocycles. The number of nitrogens with two attached hydrogens (primary N) is 1. The molecule has 1 aromatic carbocycles. The van der Waals surface area contributed by atoms with Crippen molar-refractivity contribution in [1.29, 1.82) is 0 Å². The van der Waals surface area contributed by atoms with Crippen molar-refractivity contribution in [1.82, 2.24) is 14.8 Å². The summed E-state index contributed by atoms with van der Waals surface area (Å²) < 4.78 is 14.9. The first-order valence-corrected chi connectivity index (χ1v) is 8.85. The molecule has 0 aliphatic carbocycles. The van der Waals surface area contributed by atoms with E-state index in [-0.39, 0.29) is 5.82 Å². The minimum atomic E-state index is -0.198. The lowest BCUT2D eigenvalue weighted by Gasteiger charge is -2.07. The third-order valence-electron chi connectivity index (χ3n) is 2.82. The summed E-state index contributed by atoms with van der Waals surface area (Å²) in [6.45, 7) is 3.43. The molecule has 7 heteroatoms. The average molecular weight is 326 g/mol. The number of nitrogens with zero attached hydrogens (tertiary/aromatic N) is 3. The second kappa shape index (κ2) is 8.41. The summed E-state index contributed by atoms with van der Waals surface area (Å²) in [7, 11) is 0. The molecule has 1 aromatic heterocycles. The van der Waals surface area contributed by atoms with Crippen molar-refractivity contribution >= 4 is 23.5 Å². The van der Waals surface area contributed by atoms with Gasteiger partial charge in [-0.25, -0.2) is 4.39 Å². The van der Waals surface area contributed by atoms with Gasteiger partial charge in [-0.15, -0.1) is 22.0 Å². The van der Waals surface area contributed by atoms with E-state index < -0.39 is 0 Å². The summed E-state index contributed by atoms with van der Waals surface area (Å²) in [6, 6.07) is 6.58. The lowest BCUT2D eigenvalue weighted by Crippen LogP contribution is -2.09. The van der Waals surface area contributed by atoms with Crippen molar-refractivity contribution in [2.75, 3.05) is 11.5 Å². The first kappa shape index (κ1) is 16.3. The second-order valence-corrected chi connectivity index (χ2v) is 6.64. The number of thioether (sulfide) groups is 2. The molecule has 0 aliphatic rings. The molecule has 0 saturated carbocycles. The fourth-order valence-corrected chi connectivity index (χ4v) is 3.71. The Morgan fingerprint density at radius 1 is 1.14 bits per heavy atom. The lowest BCUT2D eigenvalue weighted by atomic mass is 10.4. The molecule has 21 heavy (non-hydrogen) atoms. The lowest BCUT2D eigenvalue weighted by molar-refractivity contribution is 0.592. The third kappa shape index (κ3) is 4.72. The summed E-state index contributed by atoms with van der Waals surface area (Å²) in [5.74, 6) is 2.50. The van der Waals surface area contributed by atoms with Crippen molar-refractivity contribution in [2.45, 2.75) is 36.5 Å². The molecule has 0 spiro atoms. The number of benzene rings is 1. The van der Waals surface area contributed by atoms with Crippen LogP contribution in [0.5, 0.6) is 0 Å². The molecule has 0 radical (unpaired) electrons. The first-order chi connectivity index (χ1) is 10.2. The normalized spacial score (nSPS) is 11.0. The van der Waals surface area contributed by atoms with Crippen LogP contribution in [0.3, 0.4) is 0 Å². The maximum atomic E-state index is 12.8. The maximum absolute atomic E-state index is 12.8. The van der Waals surface area contributed by atoms with E-state index in [2.05, 4.69) is 21.7 Å². The van der Waals surface area contributed by atoms with Crippen LogP contribution in [0.25, 0.3) is 0 Å². The topological polar surface area (TPSA) is 56.7 Å². The van der Waals surface area contributed by atoms with E-state index in [9.17, 15) is 4.39 Å². The molecule has 2 aromatic rings. The van der Waals surface area contributed by atoms with Crippen LogP contribution < -0.4 is 5.73 Å². The van der Waals surface area contributed by atoms with Crippen molar-refractivity contribution in [3.05, 3.63) is 35.9 Å². The molecule has 0 amide bonds. The molecular weight excluding hydrogens is 307 g/mol. The highest BCUT2D eigenvalue weighted by Gasteiger charge is 2.10. The molecule has 4 nitrogen and oxygen atoms in total. The highest BCUT2D eigenvalue weighted by Crippen LogP contribution is 2.23. The molecule has 0 bridgehead atoms. The zero-order chi connectivity index (χ0) is 15.1. The van der Waals surface area contributed by atoms with E-state index in [1.807, 2.05) is 0 Å². The van der Waals surface area contributed by atoms with E-state index in [1.165, 1.54) is 12.1 Å². The zero-order valence-corrected chi connectivity index (χ0v) is 13.6. The summed E-state index contributed by atoms with van der Waals surface area (Å²) >= 11 is 3.39. The fourth-order valence-electron chi connectivity index (χ4n) is 1.85.